The van der Waals surface area contributed by atoms with Crippen LogP contribution < -0.4 is 5.32 Å². The Morgan fingerprint density at radius 3 is 2.42 bits per heavy atom. The van der Waals surface area contributed by atoms with E-state index < -0.39 is 51.3 Å². The molecule has 12 heteroatoms. The Hall–Kier alpha value is -3.02. The van der Waals surface area contributed by atoms with E-state index in [-0.39, 0.29) is 34.0 Å². The Labute approximate surface area is 204 Å². The average Bonchev–Trinajstić information content (AvgIpc) is 3.74. The van der Waals surface area contributed by atoms with E-state index in [1.54, 1.807) is 0 Å². The van der Waals surface area contributed by atoms with Gasteiger partial charge in [-0.3, -0.25) is 9.59 Å². The van der Waals surface area contributed by atoms with Crippen molar-refractivity contribution >= 4 is 21.7 Å². The Kier molecular flexibility index (Phi) is 5.85. The lowest BCUT2D eigenvalue weighted by atomic mass is 9.99. The molecule has 0 spiro atoms. The van der Waals surface area contributed by atoms with E-state index >= 15 is 0 Å². The molecule has 2 aliphatic carbocycles. The van der Waals surface area contributed by atoms with Gasteiger partial charge in [-0.15, -0.1) is 0 Å². The van der Waals surface area contributed by atoms with Gasteiger partial charge in [0.05, 0.1) is 17.2 Å². The number of likely N-dealkylation sites (tertiary alicyclic amines) is 1. The molecule has 36 heavy (non-hydrogen) atoms. The third-order valence-corrected chi connectivity index (χ3v) is 8.06. The first-order valence-corrected chi connectivity index (χ1v) is 13.4. The quantitative estimate of drug-likeness (QED) is 0.583. The van der Waals surface area contributed by atoms with Crippen LogP contribution in [-0.2, 0) is 20.8 Å². The average molecular weight is 526 g/mol. The molecule has 1 N–H and O–H groups in total. The van der Waals surface area contributed by atoms with E-state index in [4.69, 9.17) is 0 Å². The molecule has 2 heterocycles. The SMILES string of the molecule is CS(=O)(=O)c1ccc(C(=O)N2[C@@H](C(=O)NC(c3ccc(C(F)(F)F)cc3F)C3CC3)C[C@H]3C[C@H]32)cn1. The van der Waals surface area contributed by atoms with Crippen molar-refractivity contribution in [2.45, 2.75) is 55.0 Å². The summed E-state index contributed by atoms with van der Waals surface area (Å²) in [5.74, 6) is -1.95. The molecule has 1 aromatic carbocycles. The Morgan fingerprint density at radius 2 is 1.86 bits per heavy atom. The summed E-state index contributed by atoms with van der Waals surface area (Å²) in [6.07, 6.45) is 0.0343. The maximum Gasteiger partial charge on any atom is 0.416 e. The largest absolute Gasteiger partial charge is 0.416 e. The van der Waals surface area contributed by atoms with Crippen LogP contribution >= 0.6 is 0 Å². The van der Waals surface area contributed by atoms with Crippen LogP contribution in [0.4, 0.5) is 17.6 Å². The van der Waals surface area contributed by atoms with Crippen LogP contribution in [0.1, 0.15) is 53.2 Å². The number of alkyl halides is 3. The number of hydrogen-bond donors (Lipinski definition) is 1. The Bertz CT molecular complexity index is 1330. The third-order valence-electron chi connectivity index (χ3n) is 7.06. The topological polar surface area (TPSA) is 96.4 Å². The van der Waals surface area contributed by atoms with Crippen molar-refractivity contribution in [3.05, 3.63) is 59.0 Å². The lowest BCUT2D eigenvalue weighted by molar-refractivity contribution is -0.137. The Morgan fingerprint density at radius 1 is 1.14 bits per heavy atom. The van der Waals surface area contributed by atoms with Crippen molar-refractivity contribution in [2.24, 2.45) is 11.8 Å². The highest BCUT2D eigenvalue weighted by atomic mass is 32.2. The van der Waals surface area contributed by atoms with Gasteiger partial charge < -0.3 is 10.2 Å². The third kappa shape index (κ3) is 4.70. The van der Waals surface area contributed by atoms with Gasteiger partial charge in [0.2, 0.25) is 5.91 Å². The van der Waals surface area contributed by atoms with Gasteiger partial charge in [0.1, 0.15) is 11.9 Å². The van der Waals surface area contributed by atoms with Crippen molar-refractivity contribution in [1.82, 2.24) is 15.2 Å². The number of nitrogens with one attached hydrogen (secondary N) is 1. The lowest BCUT2D eigenvalue weighted by Crippen LogP contribution is -2.49. The predicted molar refractivity (Wildman–Crippen MR) is 119 cm³/mol. The molecule has 7 nitrogen and oxygen atoms in total. The highest BCUT2D eigenvalue weighted by Crippen LogP contribution is 2.49. The second-order valence-electron chi connectivity index (χ2n) is 9.74. The first-order chi connectivity index (χ1) is 16.8. The minimum absolute atomic E-state index is 0.0135. The van der Waals surface area contributed by atoms with Gasteiger partial charge in [0.25, 0.3) is 5.91 Å². The van der Waals surface area contributed by atoms with Gasteiger partial charge in [0.15, 0.2) is 14.9 Å². The lowest BCUT2D eigenvalue weighted by Gasteiger charge is -2.29. The van der Waals surface area contributed by atoms with Gasteiger partial charge in [-0.2, -0.15) is 13.2 Å². The van der Waals surface area contributed by atoms with Crippen molar-refractivity contribution in [1.29, 1.82) is 0 Å². The molecule has 192 valence electrons. The number of pyridine rings is 1. The molecule has 3 fully saturated rings. The first kappa shape index (κ1) is 24.7. The smallest absolute Gasteiger partial charge is 0.347 e. The fraction of sp³-hybridized carbons (Fsp3) is 0.458. The Balaban J connectivity index is 1.35. The first-order valence-electron chi connectivity index (χ1n) is 11.5. The van der Waals surface area contributed by atoms with E-state index in [0.29, 0.717) is 25.3 Å². The van der Waals surface area contributed by atoms with E-state index in [2.05, 4.69) is 10.3 Å². The highest BCUT2D eigenvalue weighted by Gasteiger charge is 2.56. The van der Waals surface area contributed by atoms with Crippen LogP contribution in [0.5, 0.6) is 0 Å². The molecule has 2 aromatic rings. The van der Waals surface area contributed by atoms with Crippen LogP contribution in [0, 0.1) is 17.7 Å². The second-order valence-corrected chi connectivity index (χ2v) is 11.7. The maximum absolute atomic E-state index is 14.7. The van der Waals surface area contributed by atoms with Gasteiger partial charge in [-0.25, -0.2) is 17.8 Å². The molecule has 1 unspecified atom stereocenters. The standard InChI is InChI=1S/C24H23F4N3O4S/c1-36(34,35)20-7-4-13(11-29-20)23(33)31-18-8-14(18)9-19(31)22(32)30-21(12-2-3-12)16-6-5-15(10-17(16)25)24(26,27)28/h4-7,10-12,14,18-19,21H,2-3,8-9H2,1H3,(H,30,32)/t14-,18-,19-,21?/m1/s1. The van der Waals surface area contributed by atoms with E-state index in [1.165, 1.54) is 17.0 Å². The molecule has 4 atom stereocenters. The van der Waals surface area contributed by atoms with Gasteiger partial charge in [-0.1, -0.05) is 6.07 Å². The summed E-state index contributed by atoms with van der Waals surface area (Å²) < 4.78 is 76.9. The zero-order valence-electron chi connectivity index (χ0n) is 19.1. The summed E-state index contributed by atoms with van der Waals surface area (Å²) in [6, 6.07) is 3.11. The van der Waals surface area contributed by atoms with Crippen molar-refractivity contribution in [3.63, 3.8) is 0 Å². The van der Waals surface area contributed by atoms with E-state index in [9.17, 15) is 35.6 Å². The van der Waals surface area contributed by atoms with Crippen LogP contribution in [-0.4, -0.2) is 48.5 Å². The number of hydrogen-bond acceptors (Lipinski definition) is 5. The fourth-order valence-electron chi connectivity index (χ4n) is 4.94. The molecule has 3 aliphatic rings. The van der Waals surface area contributed by atoms with Crippen molar-refractivity contribution in [2.75, 3.05) is 6.26 Å². The number of fused-ring (bicyclic) bond motifs is 1. The molecule has 2 saturated carbocycles. The molecule has 1 aromatic heterocycles. The van der Waals surface area contributed by atoms with E-state index in [0.717, 1.165) is 31.0 Å². The molecule has 1 aliphatic heterocycles. The van der Waals surface area contributed by atoms with Crippen molar-refractivity contribution in [3.8, 4) is 0 Å². The molecule has 5 rings (SSSR count). The molecule has 0 radical (unpaired) electrons. The number of carbonyl (C=O) groups is 2. The highest BCUT2D eigenvalue weighted by molar-refractivity contribution is 7.90. The summed E-state index contributed by atoms with van der Waals surface area (Å²) in [4.78, 5) is 31.8. The zero-order chi connectivity index (χ0) is 26.0. The van der Waals surface area contributed by atoms with Gasteiger partial charge in [0, 0.05) is 24.1 Å². The minimum atomic E-state index is -4.68. The minimum Gasteiger partial charge on any atom is -0.347 e. The number of piperidine rings is 1. The molecule has 1 saturated heterocycles. The summed E-state index contributed by atoms with van der Waals surface area (Å²) in [5.41, 5.74) is -0.978. The second kappa shape index (κ2) is 8.53. The summed E-state index contributed by atoms with van der Waals surface area (Å²) >= 11 is 0. The predicted octanol–water partition coefficient (Wildman–Crippen LogP) is 3.51. The van der Waals surface area contributed by atoms with Gasteiger partial charge in [-0.05, 0) is 61.8 Å². The number of amides is 2. The molecular weight excluding hydrogens is 502 g/mol. The summed E-state index contributed by atoms with van der Waals surface area (Å²) in [6.45, 7) is 0. The number of halogens is 4. The van der Waals surface area contributed by atoms with E-state index in [1.807, 2.05) is 0 Å². The zero-order valence-corrected chi connectivity index (χ0v) is 19.9. The molecule has 2 amide bonds. The van der Waals surface area contributed by atoms with Crippen LogP contribution in [0.3, 0.4) is 0 Å². The van der Waals surface area contributed by atoms with Crippen molar-refractivity contribution < 1.29 is 35.6 Å². The van der Waals surface area contributed by atoms with Gasteiger partial charge >= 0.3 is 6.18 Å². The monoisotopic (exact) mass is 525 g/mol. The normalized spacial score (nSPS) is 24.2. The fourth-order valence-corrected chi connectivity index (χ4v) is 5.50. The summed E-state index contributed by atoms with van der Waals surface area (Å²) in [7, 11) is -3.54. The van der Waals surface area contributed by atoms with Crippen LogP contribution in [0.2, 0.25) is 0 Å². The molecule has 0 bridgehead atoms. The number of aromatic nitrogens is 1. The number of rotatable bonds is 6. The summed E-state index contributed by atoms with van der Waals surface area (Å²) in [5, 5.41) is 2.62. The van der Waals surface area contributed by atoms with Crippen LogP contribution in [0.25, 0.3) is 0 Å². The number of benzene rings is 1. The van der Waals surface area contributed by atoms with Crippen LogP contribution in [0.15, 0.2) is 41.6 Å². The number of carbonyl (C=O) groups excluding carboxylic acids is 2. The maximum atomic E-state index is 14.7. The number of sulfone groups is 1. The molecular formula is C24H23F4N3O4S. The number of nitrogens with zero attached hydrogens (tertiary/aromatic N) is 2.